The van der Waals surface area contributed by atoms with Crippen LogP contribution < -0.4 is 10.6 Å². The number of hydrogen-bond donors (Lipinski definition) is 3. The van der Waals surface area contributed by atoms with Gasteiger partial charge in [0, 0.05) is 25.9 Å². The molecule has 0 aromatic heterocycles. The monoisotopic (exact) mass is 328 g/mol. The molecule has 134 valence electrons. The maximum Gasteiger partial charge on any atom is 0.305 e. The van der Waals surface area contributed by atoms with Crippen molar-refractivity contribution in [3.8, 4) is 0 Å². The van der Waals surface area contributed by atoms with Gasteiger partial charge >= 0.3 is 5.97 Å². The van der Waals surface area contributed by atoms with Gasteiger partial charge in [0.2, 0.25) is 11.8 Å². The summed E-state index contributed by atoms with van der Waals surface area (Å²) in [5, 5.41) is 14.0. The van der Waals surface area contributed by atoms with E-state index in [4.69, 9.17) is 5.11 Å². The number of nitrogens with one attached hydrogen (secondary N) is 2. The highest BCUT2D eigenvalue weighted by Crippen LogP contribution is 2.05. The number of aliphatic carboxylic acids is 1. The van der Waals surface area contributed by atoms with Crippen molar-refractivity contribution >= 4 is 17.8 Å². The quantitative estimate of drug-likeness (QED) is 0.403. The van der Waals surface area contributed by atoms with Crippen LogP contribution in [-0.4, -0.2) is 36.0 Å². The zero-order chi connectivity index (χ0) is 17.3. The molecule has 0 spiro atoms. The summed E-state index contributed by atoms with van der Waals surface area (Å²) in [7, 11) is 0. The Balaban J connectivity index is 3.33. The third kappa shape index (κ3) is 16.6. The van der Waals surface area contributed by atoms with E-state index in [-0.39, 0.29) is 24.8 Å². The maximum absolute atomic E-state index is 11.6. The van der Waals surface area contributed by atoms with Crippen molar-refractivity contribution in [2.45, 2.75) is 77.6 Å². The van der Waals surface area contributed by atoms with Gasteiger partial charge in [-0.2, -0.15) is 0 Å². The van der Waals surface area contributed by atoms with E-state index in [1.165, 1.54) is 19.3 Å². The number of carbonyl (C=O) groups excluding carboxylic acids is 2. The molecule has 2 amide bonds. The van der Waals surface area contributed by atoms with Crippen LogP contribution in [0.1, 0.15) is 77.6 Å². The molecule has 6 nitrogen and oxygen atoms in total. The Morgan fingerprint density at radius 2 is 1.22 bits per heavy atom. The van der Waals surface area contributed by atoms with Crippen molar-refractivity contribution in [3.05, 3.63) is 0 Å². The number of unbranched alkanes of at least 4 members (excludes halogenated alkanes) is 6. The summed E-state index contributed by atoms with van der Waals surface area (Å²) in [5.74, 6) is -0.891. The molecule has 0 saturated carbocycles. The van der Waals surface area contributed by atoms with Crippen LogP contribution in [0.4, 0.5) is 0 Å². The number of carboxylic acids is 1. The molecule has 0 aliphatic carbocycles. The lowest BCUT2D eigenvalue weighted by Gasteiger charge is -2.05. The Morgan fingerprint density at radius 3 is 1.74 bits per heavy atom. The molecule has 0 saturated heterocycles. The Kier molecular flexibility index (Phi) is 14.3. The van der Waals surface area contributed by atoms with Crippen LogP contribution >= 0.6 is 0 Å². The van der Waals surface area contributed by atoms with Gasteiger partial charge in [0.05, 0.1) is 6.42 Å². The van der Waals surface area contributed by atoms with Crippen LogP contribution in [-0.2, 0) is 14.4 Å². The van der Waals surface area contributed by atoms with Crippen LogP contribution in [0.3, 0.4) is 0 Å². The van der Waals surface area contributed by atoms with Crippen molar-refractivity contribution in [1.29, 1.82) is 0 Å². The van der Waals surface area contributed by atoms with Crippen LogP contribution in [0, 0.1) is 0 Å². The van der Waals surface area contributed by atoms with E-state index in [1.54, 1.807) is 0 Å². The predicted octanol–water partition coefficient (Wildman–Crippen LogP) is 2.61. The standard InChI is InChI=1S/C17H32N2O4/c1-2-3-4-9-13-18-15(20)10-7-5-6-8-11-16(21)19-14-12-17(22)23/h2-14H2,1H3,(H,18,20)(H,19,21)(H,22,23). The zero-order valence-corrected chi connectivity index (χ0v) is 14.4. The van der Waals surface area contributed by atoms with E-state index in [2.05, 4.69) is 17.6 Å². The summed E-state index contributed by atoms with van der Waals surface area (Å²) < 4.78 is 0. The number of hydrogen-bond acceptors (Lipinski definition) is 3. The molecule has 0 aromatic rings. The average molecular weight is 328 g/mol. The van der Waals surface area contributed by atoms with Gasteiger partial charge in [0.15, 0.2) is 0 Å². The minimum Gasteiger partial charge on any atom is -0.481 e. The fourth-order valence-electron chi connectivity index (χ4n) is 2.19. The summed E-state index contributed by atoms with van der Waals surface area (Å²) in [6, 6.07) is 0. The second-order valence-electron chi connectivity index (χ2n) is 5.82. The van der Waals surface area contributed by atoms with E-state index in [9.17, 15) is 14.4 Å². The highest BCUT2D eigenvalue weighted by atomic mass is 16.4. The first-order valence-corrected chi connectivity index (χ1v) is 8.81. The van der Waals surface area contributed by atoms with Crippen LogP contribution in [0.15, 0.2) is 0 Å². The van der Waals surface area contributed by atoms with Crippen molar-refractivity contribution < 1.29 is 19.5 Å². The lowest BCUT2D eigenvalue weighted by atomic mass is 10.1. The number of carboxylic acid groups (broad SMARTS) is 1. The SMILES string of the molecule is CCCCCCNC(=O)CCCCCCC(=O)NCCC(=O)O. The minimum atomic E-state index is -0.908. The Bertz CT molecular complexity index is 345. The van der Waals surface area contributed by atoms with Crippen molar-refractivity contribution in [2.24, 2.45) is 0 Å². The summed E-state index contributed by atoms with van der Waals surface area (Å²) >= 11 is 0. The molecule has 0 fully saturated rings. The van der Waals surface area contributed by atoms with E-state index in [1.807, 2.05) is 0 Å². The second-order valence-corrected chi connectivity index (χ2v) is 5.82. The van der Waals surface area contributed by atoms with Crippen LogP contribution in [0.25, 0.3) is 0 Å². The van der Waals surface area contributed by atoms with E-state index >= 15 is 0 Å². The first-order chi connectivity index (χ1) is 11.1. The van der Waals surface area contributed by atoms with Gasteiger partial charge in [0.25, 0.3) is 0 Å². The highest BCUT2D eigenvalue weighted by molar-refractivity contribution is 5.76. The molecule has 6 heteroatoms. The molecule has 3 N–H and O–H groups in total. The number of amides is 2. The van der Waals surface area contributed by atoms with Gasteiger partial charge in [-0.15, -0.1) is 0 Å². The zero-order valence-electron chi connectivity index (χ0n) is 14.4. The average Bonchev–Trinajstić information content (AvgIpc) is 2.50. The van der Waals surface area contributed by atoms with Crippen molar-refractivity contribution in [1.82, 2.24) is 10.6 Å². The number of carbonyl (C=O) groups is 3. The first-order valence-electron chi connectivity index (χ1n) is 8.81. The van der Waals surface area contributed by atoms with E-state index in [0.29, 0.717) is 12.8 Å². The fraction of sp³-hybridized carbons (Fsp3) is 0.824. The molecule has 0 bridgehead atoms. The highest BCUT2D eigenvalue weighted by Gasteiger charge is 2.03. The van der Waals surface area contributed by atoms with Gasteiger partial charge in [-0.1, -0.05) is 39.0 Å². The summed E-state index contributed by atoms with van der Waals surface area (Å²) in [5.41, 5.74) is 0. The van der Waals surface area contributed by atoms with E-state index in [0.717, 1.165) is 38.6 Å². The van der Waals surface area contributed by atoms with Gasteiger partial charge in [-0.05, 0) is 19.3 Å². The topological polar surface area (TPSA) is 95.5 Å². The third-order valence-corrected chi connectivity index (χ3v) is 3.57. The van der Waals surface area contributed by atoms with Gasteiger partial charge < -0.3 is 15.7 Å². The van der Waals surface area contributed by atoms with Gasteiger partial charge in [0.1, 0.15) is 0 Å². The minimum absolute atomic E-state index is 0.0424. The third-order valence-electron chi connectivity index (χ3n) is 3.57. The largest absolute Gasteiger partial charge is 0.481 e. The molecular formula is C17H32N2O4. The van der Waals surface area contributed by atoms with Gasteiger partial charge in [-0.25, -0.2) is 0 Å². The lowest BCUT2D eigenvalue weighted by Crippen LogP contribution is -2.25. The van der Waals surface area contributed by atoms with E-state index < -0.39 is 5.97 Å². The van der Waals surface area contributed by atoms with Crippen molar-refractivity contribution in [3.63, 3.8) is 0 Å². The van der Waals surface area contributed by atoms with Crippen LogP contribution in [0.5, 0.6) is 0 Å². The molecule has 0 radical (unpaired) electrons. The Labute approximate surface area is 139 Å². The molecule has 0 rings (SSSR count). The Morgan fingerprint density at radius 1 is 0.696 bits per heavy atom. The molecule has 0 aliphatic rings. The molecule has 0 aliphatic heterocycles. The molecule has 0 atom stereocenters. The second kappa shape index (κ2) is 15.3. The molecule has 0 unspecified atom stereocenters. The number of rotatable bonds is 15. The Hall–Kier alpha value is -1.59. The molecule has 0 aromatic carbocycles. The first kappa shape index (κ1) is 21.4. The summed E-state index contributed by atoms with van der Waals surface area (Å²) in [4.78, 5) is 33.3. The smallest absolute Gasteiger partial charge is 0.305 e. The predicted molar refractivity (Wildman–Crippen MR) is 90.1 cm³/mol. The van der Waals surface area contributed by atoms with Crippen molar-refractivity contribution in [2.75, 3.05) is 13.1 Å². The lowest BCUT2D eigenvalue weighted by molar-refractivity contribution is -0.137. The van der Waals surface area contributed by atoms with Gasteiger partial charge in [-0.3, -0.25) is 14.4 Å². The maximum atomic E-state index is 11.6. The molecular weight excluding hydrogens is 296 g/mol. The summed E-state index contributed by atoms with van der Waals surface area (Å²) in [6.07, 6.45) is 9.05. The summed E-state index contributed by atoms with van der Waals surface area (Å²) in [6.45, 7) is 3.13. The normalized spacial score (nSPS) is 10.3. The van der Waals surface area contributed by atoms with Crippen LogP contribution in [0.2, 0.25) is 0 Å². The molecule has 23 heavy (non-hydrogen) atoms. The fourth-order valence-corrected chi connectivity index (χ4v) is 2.19. The molecule has 0 heterocycles.